The Kier molecular flexibility index (Phi) is 7.79. The van der Waals surface area contributed by atoms with Gasteiger partial charge in [0.2, 0.25) is 0 Å². The largest absolute Gasteiger partial charge is 0.352 e. The minimum atomic E-state index is -3.77. The molecule has 1 heterocycles. The number of hydroxylamine groups is 1. The summed E-state index contributed by atoms with van der Waals surface area (Å²) >= 11 is 0. The molecule has 1 aliphatic rings. The summed E-state index contributed by atoms with van der Waals surface area (Å²) < 4.78 is 25.3. The molecule has 0 aromatic heterocycles. The van der Waals surface area contributed by atoms with E-state index in [4.69, 9.17) is 4.84 Å². The number of carbonyl (C=O) groups excluding carboxylic acids is 1. The van der Waals surface area contributed by atoms with Crippen LogP contribution in [0.5, 0.6) is 0 Å². The second-order valence-corrected chi connectivity index (χ2v) is 9.38. The van der Waals surface area contributed by atoms with Crippen molar-refractivity contribution in [3.8, 4) is 0 Å². The number of hydrogen-bond donors (Lipinski definition) is 1. The van der Waals surface area contributed by atoms with Gasteiger partial charge in [-0.2, -0.15) is 0 Å². The van der Waals surface area contributed by atoms with Crippen molar-refractivity contribution in [3.63, 3.8) is 0 Å². The Morgan fingerprint density at radius 3 is 2.59 bits per heavy atom. The number of hydrogen-bond acceptors (Lipinski definition) is 5. The lowest BCUT2D eigenvalue weighted by Crippen LogP contribution is -2.40. The minimum Gasteiger partial charge on any atom is -0.352 e. The number of nitrogens with zero attached hydrogens (tertiary/aromatic N) is 2. The number of rotatable bonds is 8. The van der Waals surface area contributed by atoms with Crippen LogP contribution in [0.15, 0.2) is 29.2 Å². The Morgan fingerprint density at radius 1 is 1.30 bits per heavy atom. The number of nitrogens with one attached hydrogen (secondary N) is 1. The molecule has 2 unspecified atom stereocenters. The van der Waals surface area contributed by atoms with E-state index in [2.05, 4.69) is 24.1 Å². The fraction of sp³-hybridized carbons (Fsp3) is 0.632. The topological polar surface area (TPSA) is 78.9 Å². The van der Waals surface area contributed by atoms with Crippen LogP contribution >= 0.6 is 0 Å². The molecular weight excluding hydrogens is 366 g/mol. The van der Waals surface area contributed by atoms with Crippen LogP contribution in [0.2, 0.25) is 0 Å². The van der Waals surface area contributed by atoms with E-state index in [1.165, 1.54) is 32.7 Å². The summed E-state index contributed by atoms with van der Waals surface area (Å²) in [5, 5.41) is 2.88. The highest BCUT2D eigenvalue weighted by Crippen LogP contribution is 2.20. The summed E-state index contributed by atoms with van der Waals surface area (Å²) in [6.45, 7) is 8.32. The SMILES string of the molecule is CON(C)S(=O)(=O)c1cccc(C(=O)NCCCN2CC(C)CC(C)C2)c1. The van der Waals surface area contributed by atoms with Gasteiger partial charge in [-0.15, -0.1) is 0 Å². The highest BCUT2D eigenvalue weighted by atomic mass is 32.2. The molecule has 1 fully saturated rings. The molecule has 0 aliphatic carbocycles. The first-order valence-corrected chi connectivity index (χ1v) is 10.8. The maximum atomic E-state index is 12.4. The molecule has 1 saturated heterocycles. The van der Waals surface area contributed by atoms with Crippen LogP contribution in [-0.2, 0) is 14.9 Å². The van der Waals surface area contributed by atoms with Crippen molar-refractivity contribution in [2.75, 3.05) is 40.3 Å². The van der Waals surface area contributed by atoms with Gasteiger partial charge < -0.3 is 10.2 Å². The average molecular weight is 398 g/mol. The molecule has 2 atom stereocenters. The van der Waals surface area contributed by atoms with E-state index in [1.807, 2.05) is 0 Å². The third-order valence-corrected chi connectivity index (χ3v) is 6.55. The first kappa shape index (κ1) is 21.8. The van der Waals surface area contributed by atoms with Crippen LogP contribution in [-0.4, -0.2) is 64.0 Å². The second-order valence-electron chi connectivity index (χ2n) is 7.44. The van der Waals surface area contributed by atoms with Gasteiger partial charge in [-0.1, -0.05) is 24.4 Å². The van der Waals surface area contributed by atoms with Gasteiger partial charge >= 0.3 is 0 Å². The fourth-order valence-corrected chi connectivity index (χ4v) is 4.65. The molecule has 7 nitrogen and oxygen atoms in total. The lowest BCUT2D eigenvalue weighted by molar-refractivity contribution is -0.0258. The first-order chi connectivity index (χ1) is 12.7. The smallest absolute Gasteiger partial charge is 0.264 e. The van der Waals surface area contributed by atoms with Gasteiger partial charge in [-0.25, -0.2) is 8.42 Å². The van der Waals surface area contributed by atoms with Crippen LogP contribution in [0, 0.1) is 11.8 Å². The van der Waals surface area contributed by atoms with Crippen LogP contribution in [0.4, 0.5) is 0 Å². The Labute approximate surface area is 162 Å². The predicted molar refractivity (Wildman–Crippen MR) is 105 cm³/mol. The molecule has 1 aliphatic heterocycles. The van der Waals surface area contributed by atoms with Crippen molar-refractivity contribution >= 4 is 15.9 Å². The zero-order valence-electron chi connectivity index (χ0n) is 16.6. The number of amides is 1. The first-order valence-electron chi connectivity index (χ1n) is 9.37. The normalized spacial score (nSPS) is 21.4. The summed E-state index contributed by atoms with van der Waals surface area (Å²) in [5.74, 6) is 1.17. The predicted octanol–water partition coefficient (Wildman–Crippen LogP) is 1.97. The summed E-state index contributed by atoms with van der Waals surface area (Å²) in [6, 6.07) is 5.98. The molecule has 27 heavy (non-hydrogen) atoms. The summed E-state index contributed by atoms with van der Waals surface area (Å²) in [4.78, 5) is 19.6. The van der Waals surface area contributed by atoms with Crippen molar-refractivity contribution in [3.05, 3.63) is 29.8 Å². The Balaban J connectivity index is 1.87. The van der Waals surface area contributed by atoms with Crippen molar-refractivity contribution in [1.29, 1.82) is 0 Å². The van der Waals surface area contributed by atoms with E-state index in [9.17, 15) is 13.2 Å². The van der Waals surface area contributed by atoms with Gasteiger partial charge in [0.1, 0.15) is 0 Å². The maximum Gasteiger partial charge on any atom is 0.264 e. The van der Waals surface area contributed by atoms with E-state index in [0.29, 0.717) is 12.1 Å². The quantitative estimate of drug-likeness (QED) is 0.536. The van der Waals surface area contributed by atoms with Gasteiger partial charge in [0.05, 0.1) is 12.0 Å². The standard InChI is InChI=1S/C19H31N3O4S/c1-15-11-16(2)14-22(13-15)10-6-9-20-19(23)17-7-5-8-18(12-17)27(24,25)21(3)26-4/h5,7-8,12,15-16H,6,9-11,13-14H2,1-4H3,(H,20,23). The zero-order chi connectivity index (χ0) is 20.0. The molecule has 1 aromatic rings. The van der Waals surface area contributed by atoms with Gasteiger partial charge in [0.25, 0.3) is 15.9 Å². The molecule has 2 rings (SSSR count). The third kappa shape index (κ3) is 6.00. The van der Waals surface area contributed by atoms with Gasteiger partial charge in [-0.05, 0) is 49.4 Å². The monoisotopic (exact) mass is 397 g/mol. The highest BCUT2D eigenvalue weighted by Gasteiger charge is 2.22. The van der Waals surface area contributed by atoms with Crippen LogP contribution in [0.25, 0.3) is 0 Å². The molecule has 0 saturated carbocycles. The third-order valence-electron chi connectivity index (χ3n) is 4.87. The van der Waals surface area contributed by atoms with Crippen LogP contribution in [0.1, 0.15) is 37.0 Å². The van der Waals surface area contributed by atoms with Crippen LogP contribution in [0.3, 0.4) is 0 Å². The van der Waals surface area contributed by atoms with E-state index >= 15 is 0 Å². The van der Waals surface area contributed by atoms with Crippen LogP contribution < -0.4 is 5.32 Å². The number of benzene rings is 1. The number of piperidine rings is 1. The lowest BCUT2D eigenvalue weighted by atomic mass is 9.92. The molecule has 0 bridgehead atoms. The minimum absolute atomic E-state index is 0.0239. The number of sulfonamides is 1. The van der Waals surface area contributed by atoms with E-state index < -0.39 is 10.0 Å². The molecule has 8 heteroatoms. The van der Waals surface area contributed by atoms with Crippen molar-refractivity contribution in [2.24, 2.45) is 11.8 Å². The maximum absolute atomic E-state index is 12.4. The van der Waals surface area contributed by atoms with E-state index in [-0.39, 0.29) is 10.8 Å². The Morgan fingerprint density at radius 2 is 1.96 bits per heavy atom. The Hall–Kier alpha value is -1.48. The number of likely N-dealkylation sites (tertiary alicyclic amines) is 1. The van der Waals surface area contributed by atoms with Gasteiger partial charge in [0.15, 0.2) is 0 Å². The van der Waals surface area contributed by atoms with E-state index in [1.54, 1.807) is 12.1 Å². The summed E-state index contributed by atoms with van der Waals surface area (Å²) in [6.07, 6.45) is 2.15. The zero-order valence-corrected chi connectivity index (χ0v) is 17.5. The molecular formula is C19H31N3O4S. The lowest BCUT2D eigenvalue weighted by Gasteiger charge is -2.34. The average Bonchev–Trinajstić information content (AvgIpc) is 2.63. The summed E-state index contributed by atoms with van der Waals surface area (Å²) in [7, 11) is -1.19. The van der Waals surface area contributed by atoms with Crippen molar-refractivity contribution in [1.82, 2.24) is 14.7 Å². The highest BCUT2D eigenvalue weighted by molar-refractivity contribution is 7.89. The fourth-order valence-electron chi connectivity index (χ4n) is 3.63. The van der Waals surface area contributed by atoms with Gasteiger partial charge in [0, 0.05) is 32.2 Å². The van der Waals surface area contributed by atoms with E-state index in [0.717, 1.165) is 42.4 Å². The molecule has 0 radical (unpaired) electrons. The second kappa shape index (κ2) is 9.64. The molecule has 1 amide bonds. The van der Waals surface area contributed by atoms with Gasteiger partial charge in [-0.3, -0.25) is 9.63 Å². The molecule has 1 N–H and O–H groups in total. The molecule has 152 valence electrons. The summed E-state index contributed by atoms with van der Waals surface area (Å²) in [5.41, 5.74) is 0.320. The molecule has 0 spiro atoms. The van der Waals surface area contributed by atoms with Crippen molar-refractivity contribution in [2.45, 2.75) is 31.6 Å². The Bertz CT molecular complexity index is 728. The van der Waals surface area contributed by atoms with Crippen molar-refractivity contribution < 1.29 is 18.0 Å². The number of carbonyl (C=O) groups is 1. The molecule has 1 aromatic carbocycles.